The monoisotopic (exact) mass is 462 g/mol. The summed E-state index contributed by atoms with van der Waals surface area (Å²) in [5.41, 5.74) is 7.20. The van der Waals surface area contributed by atoms with Crippen LogP contribution in [0.3, 0.4) is 0 Å². The van der Waals surface area contributed by atoms with Gasteiger partial charge in [0, 0.05) is 18.1 Å². The molecule has 35 heavy (non-hydrogen) atoms. The second-order valence-electron chi connectivity index (χ2n) is 10.2. The number of nitrogens with zero attached hydrogens (tertiary/aromatic N) is 4. The third-order valence-electron chi connectivity index (χ3n) is 7.76. The highest BCUT2D eigenvalue weighted by Crippen LogP contribution is 2.47. The van der Waals surface area contributed by atoms with Crippen molar-refractivity contribution in [1.82, 2.24) is 14.9 Å². The Morgan fingerprint density at radius 1 is 0.914 bits per heavy atom. The fourth-order valence-corrected chi connectivity index (χ4v) is 5.75. The zero-order valence-corrected chi connectivity index (χ0v) is 20.4. The van der Waals surface area contributed by atoms with Crippen molar-refractivity contribution >= 4 is 28.2 Å². The van der Waals surface area contributed by atoms with Gasteiger partial charge in [0.05, 0.1) is 34.2 Å². The number of carbonyl (C=O) groups is 1. The van der Waals surface area contributed by atoms with Gasteiger partial charge in [-0.3, -0.25) is 24.6 Å². The minimum absolute atomic E-state index is 0.206. The fraction of sp³-hybridized carbons (Fsp3) is 0.300. The van der Waals surface area contributed by atoms with Crippen LogP contribution in [0.5, 0.6) is 0 Å². The normalized spacial score (nSPS) is 17.7. The first kappa shape index (κ1) is 21.9. The summed E-state index contributed by atoms with van der Waals surface area (Å²) in [6.45, 7) is 6.85. The maximum Gasteiger partial charge on any atom is 0.238 e. The maximum absolute atomic E-state index is 14.2. The molecule has 1 amide bonds. The molecule has 2 aromatic carbocycles. The quantitative estimate of drug-likeness (QED) is 0.389. The van der Waals surface area contributed by atoms with E-state index in [0.717, 1.165) is 66.9 Å². The van der Waals surface area contributed by atoms with Crippen LogP contribution in [-0.2, 0) is 17.8 Å². The molecule has 5 heteroatoms. The van der Waals surface area contributed by atoms with Crippen LogP contribution in [0.15, 0.2) is 73.1 Å². The number of amides is 1. The maximum atomic E-state index is 14.2. The van der Waals surface area contributed by atoms with E-state index in [1.54, 1.807) is 0 Å². The highest BCUT2D eigenvalue weighted by Gasteiger charge is 2.48. The smallest absolute Gasteiger partial charge is 0.238 e. The lowest BCUT2D eigenvalue weighted by Crippen LogP contribution is -2.52. The molecule has 1 fully saturated rings. The largest absolute Gasteiger partial charge is 0.297 e. The van der Waals surface area contributed by atoms with Crippen molar-refractivity contribution in [2.24, 2.45) is 5.41 Å². The zero-order chi connectivity index (χ0) is 24.0. The topological polar surface area (TPSA) is 49.3 Å². The Balaban J connectivity index is 1.30. The molecule has 0 unspecified atom stereocenters. The number of para-hydroxylation sites is 2. The Hall–Kier alpha value is -3.57. The predicted octanol–water partition coefficient (Wildman–Crippen LogP) is 5.75. The summed E-state index contributed by atoms with van der Waals surface area (Å²) in [5, 5.41) is 1.05. The molecule has 2 aromatic heterocycles. The molecule has 4 heterocycles. The molecule has 0 atom stereocenters. The summed E-state index contributed by atoms with van der Waals surface area (Å²) < 4.78 is 0. The van der Waals surface area contributed by atoms with Crippen molar-refractivity contribution in [3.05, 3.63) is 95.4 Å². The summed E-state index contributed by atoms with van der Waals surface area (Å²) in [6.07, 6.45) is 6.29. The number of anilines is 2. The van der Waals surface area contributed by atoms with Crippen LogP contribution in [0, 0.1) is 19.3 Å². The van der Waals surface area contributed by atoms with Gasteiger partial charge in [-0.25, -0.2) is 0 Å². The third kappa shape index (κ3) is 3.90. The second-order valence-corrected chi connectivity index (χ2v) is 10.2. The van der Waals surface area contributed by atoms with Crippen molar-refractivity contribution in [1.29, 1.82) is 0 Å². The van der Waals surface area contributed by atoms with Crippen LogP contribution < -0.4 is 4.90 Å². The molecule has 0 saturated carbocycles. The third-order valence-corrected chi connectivity index (χ3v) is 7.76. The first-order valence-electron chi connectivity index (χ1n) is 12.4. The number of carbonyl (C=O) groups excluding carboxylic acids is 1. The van der Waals surface area contributed by atoms with Gasteiger partial charge in [-0.15, -0.1) is 0 Å². The molecule has 0 bridgehead atoms. The van der Waals surface area contributed by atoms with E-state index in [0.29, 0.717) is 0 Å². The molecule has 0 N–H and O–H groups in total. The number of hydrogen-bond donors (Lipinski definition) is 0. The first-order chi connectivity index (χ1) is 17.0. The SMILES string of the molecule is Cc1cnc(CN2CCC3(CC2)Cc2ccccc2N(c2cnc4ccccc4c2)C3=O)c(C)c1. The highest BCUT2D eigenvalue weighted by atomic mass is 16.2. The lowest BCUT2D eigenvalue weighted by atomic mass is 9.70. The number of hydrogen-bond acceptors (Lipinski definition) is 4. The van der Waals surface area contributed by atoms with Gasteiger partial charge in [-0.1, -0.05) is 42.5 Å². The first-order valence-corrected chi connectivity index (χ1v) is 12.4. The van der Waals surface area contributed by atoms with Gasteiger partial charge in [0.2, 0.25) is 5.91 Å². The van der Waals surface area contributed by atoms with Gasteiger partial charge >= 0.3 is 0 Å². The van der Waals surface area contributed by atoms with Crippen molar-refractivity contribution in [2.75, 3.05) is 18.0 Å². The fourth-order valence-electron chi connectivity index (χ4n) is 5.75. The summed E-state index contributed by atoms with van der Waals surface area (Å²) in [5.74, 6) is 0.206. The van der Waals surface area contributed by atoms with E-state index < -0.39 is 0 Å². The second kappa shape index (κ2) is 8.58. The zero-order valence-electron chi connectivity index (χ0n) is 20.4. The molecular weight excluding hydrogens is 432 g/mol. The number of pyridine rings is 2. The molecule has 2 aliphatic rings. The van der Waals surface area contributed by atoms with E-state index in [1.807, 2.05) is 41.6 Å². The molecule has 0 radical (unpaired) electrons. The van der Waals surface area contributed by atoms with Crippen LogP contribution in [0.25, 0.3) is 10.9 Å². The van der Waals surface area contributed by atoms with Gasteiger partial charge in [-0.2, -0.15) is 0 Å². The molecule has 1 spiro atoms. The van der Waals surface area contributed by atoms with Crippen molar-refractivity contribution in [3.8, 4) is 0 Å². The van der Waals surface area contributed by atoms with Crippen LogP contribution in [-0.4, -0.2) is 33.9 Å². The number of benzene rings is 2. The van der Waals surface area contributed by atoms with Gasteiger partial charge in [-0.05, 0) is 81.1 Å². The van der Waals surface area contributed by atoms with E-state index in [2.05, 4.69) is 65.1 Å². The molecule has 4 aromatic rings. The van der Waals surface area contributed by atoms with Gasteiger partial charge in [0.25, 0.3) is 0 Å². The highest BCUT2D eigenvalue weighted by molar-refractivity contribution is 6.07. The van der Waals surface area contributed by atoms with Crippen LogP contribution >= 0.6 is 0 Å². The summed E-state index contributed by atoms with van der Waals surface area (Å²) in [7, 11) is 0. The average Bonchev–Trinajstić information content (AvgIpc) is 2.87. The Kier molecular flexibility index (Phi) is 5.37. The molecule has 2 aliphatic heterocycles. The summed E-state index contributed by atoms with van der Waals surface area (Å²) in [4.78, 5) is 27.9. The Morgan fingerprint density at radius 2 is 1.69 bits per heavy atom. The number of piperidine rings is 1. The van der Waals surface area contributed by atoms with Crippen molar-refractivity contribution in [2.45, 2.75) is 39.7 Å². The van der Waals surface area contributed by atoms with Gasteiger partial charge < -0.3 is 0 Å². The number of rotatable bonds is 3. The number of fused-ring (bicyclic) bond motifs is 2. The lowest BCUT2D eigenvalue weighted by Gasteiger charge is -2.46. The van der Waals surface area contributed by atoms with E-state index in [4.69, 9.17) is 0 Å². The molecule has 176 valence electrons. The Bertz CT molecular complexity index is 1420. The summed E-state index contributed by atoms with van der Waals surface area (Å²) >= 11 is 0. The Morgan fingerprint density at radius 3 is 2.51 bits per heavy atom. The van der Waals surface area contributed by atoms with Crippen molar-refractivity contribution < 1.29 is 4.79 Å². The predicted molar refractivity (Wildman–Crippen MR) is 140 cm³/mol. The molecule has 1 saturated heterocycles. The van der Waals surface area contributed by atoms with Crippen LogP contribution in [0.1, 0.15) is 35.2 Å². The molecule has 0 aliphatic carbocycles. The van der Waals surface area contributed by atoms with E-state index in [-0.39, 0.29) is 11.3 Å². The van der Waals surface area contributed by atoms with Crippen LogP contribution in [0.4, 0.5) is 11.4 Å². The lowest BCUT2D eigenvalue weighted by molar-refractivity contribution is -0.131. The standard InChI is InChI=1S/C30H30N4O/c1-21-15-22(2)27(31-18-21)20-33-13-11-30(12-14-33)17-24-8-4-6-10-28(24)34(29(30)35)25-16-23-7-3-5-9-26(23)32-19-25/h3-10,15-16,18-19H,11-14,17,20H2,1-2H3. The van der Waals surface area contributed by atoms with E-state index in [9.17, 15) is 4.79 Å². The van der Waals surface area contributed by atoms with E-state index >= 15 is 0 Å². The molecular formula is C30H30N4O. The number of aromatic nitrogens is 2. The van der Waals surface area contributed by atoms with E-state index in [1.165, 1.54) is 16.7 Å². The Labute approximate surface area is 206 Å². The minimum atomic E-state index is -0.383. The van der Waals surface area contributed by atoms with Crippen LogP contribution in [0.2, 0.25) is 0 Å². The number of likely N-dealkylation sites (tertiary alicyclic amines) is 1. The van der Waals surface area contributed by atoms with Gasteiger partial charge in [0.15, 0.2) is 0 Å². The van der Waals surface area contributed by atoms with Crippen molar-refractivity contribution in [3.63, 3.8) is 0 Å². The number of aryl methyl sites for hydroxylation is 2. The molecule has 5 nitrogen and oxygen atoms in total. The summed E-state index contributed by atoms with van der Waals surface area (Å²) in [6, 6.07) is 20.7. The average molecular weight is 463 g/mol. The molecule has 6 rings (SSSR count). The minimum Gasteiger partial charge on any atom is -0.297 e. The van der Waals surface area contributed by atoms with Gasteiger partial charge in [0.1, 0.15) is 0 Å².